The van der Waals surface area contributed by atoms with Gasteiger partial charge in [0, 0.05) is 86.8 Å². The molecule has 0 aliphatic heterocycles. The topological polar surface area (TPSA) is 105 Å². The molecule has 147 heavy (non-hydrogen) atoms. The van der Waals surface area contributed by atoms with E-state index in [0.717, 1.165) is 161 Å². The van der Waals surface area contributed by atoms with Crippen LogP contribution < -0.4 is 0 Å². The van der Waals surface area contributed by atoms with Gasteiger partial charge >= 0.3 is 0 Å². The van der Waals surface area contributed by atoms with E-state index >= 15 is 0 Å². The van der Waals surface area contributed by atoms with Crippen molar-refractivity contribution in [3.05, 3.63) is 452 Å². The third-order valence-electron chi connectivity index (χ3n) is 33.4. The number of benzene rings is 21. The fraction of sp³-hybridized carbons (Fsp3) is 0.0657. The van der Waals surface area contributed by atoms with E-state index in [4.69, 9.17) is 34.3 Å². The number of hydrogen-bond acceptors (Lipinski definition) is 7. The molecule has 3 aliphatic carbocycles. The highest BCUT2D eigenvalue weighted by Crippen LogP contribution is 2.59. The van der Waals surface area contributed by atoms with Crippen molar-refractivity contribution >= 4 is 239 Å². The van der Waals surface area contributed by atoms with Gasteiger partial charge in [0.2, 0.25) is 0 Å². The van der Waals surface area contributed by atoms with E-state index in [1.165, 1.54) is 163 Å². The predicted octanol–water partition coefficient (Wildman–Crippen LogP) is 35.7. The van der Waals surface area contributed by atoms with Gasteiger partial charge in [-0.15, -0.1) is 0 Å². The molecule has 0 atom stereocenters. The van der Waals surface area contributed by atoms with Crippen molar-refractivity contribution in [2.45, 2.75) is 57.8 Å². The van der Waals surface area contributed by atoms with Gasteiger partial charge < -0.3 is 4.42 Å². The Hall–Kier alpha value is -18.6. The third kappa shape index (κ3) is 11.1. The van der Waals surface area contributed by atoms with Crippen LogP contribution in [0.3, 0.4) is 0 Å². The smallest absolute Gasteiger partial charge is 0.165 e. The Labute approximate surface area is 842 Å². The molecule has 0 N–H and O–H groups in total. The lowest BCUT2D eigenvalue weighted by Gasteiger charge is -2.22. The van der Waals surface area contributed by atoms with Crippen molar-refractivity contribution in [3.63, 3.8) is 0 Å². The summed E-state index contributed by atoms with van der Waals surface area (Å²) in [5.41, 5.74) is 27.2. The second-order valence-corrected chi connectivity index (χ2v) is 41.9. The number of nitrogens with zero attached hydrogens (tertiary/aromatic N) is 9. The monoisotopic (exact) mass is 1870 g/mol. The van der Waals surface area contributed by atoms with Crippen LogP contribution in [-0.4, -0.2) is 43.6 Å². The number of fused-ring (bicyclic) bond motifs is 19. The molecule has 0 amide bonds. The standard InChI is InChI=1S/C47H29N3O.2C45H29N3/c1-47(2)33-19-10-15-29-26-12-3-4-13-27(26)30-16-11-22-37-41(30)43-38(25-24-34(47)42(43)40(29)33)50(37)46-44(48-35-20-6-7-21-36(35)49-46)32-18-9-17-31-28-14-5-8-23-39(28)51-45(31)32;1-45(2)33-20-10-18-31-29-16-8-9-17-30(29)32-19-11-21-36-39(32)41-37(25-23-34(45)40(41)38(31)33)48(36)44-42(27-13-4-3-5-14-27)47-43-28-15-7-6-12-26(28)22-24-35(43)46-44;1-45(2)33-20-10-18-31-29-16-8-9-17-30(29)32-19-11-21-36-39(32)41-37(25-23-34(45)40(41)38(31)33)48(36)44-42(27-13-4-3-5-14-27)46-35-24-22-26-12-6-7-15-28(26)43(35)47-44/h3-25H,1-2H3;2*3-25H,1-2H3. The first kappa shape index (κ1) is 82.0. The summed E-state index contributed by atoms with van der Waals surface area (Å²) in [6.07, 6.45) is 0. The summed E-state index contributed by atoms with van der Waals surface area (Å²) in [7, 11) is 0. The second-order valence-electron chi connectivity index (χ2n) is 41.9. The fourth-order valence-electron chi connectivity index (χ4n) is 26.9. The van der Waals surface area contributed by atoms with Crippen molar-refractivity contribution in [2.75, 3.05) is 0 Å². The van der Waals surface area contributed by atoms with E-state index < -0.39 is 0 Å². The Morgan fingerprint density at radius 2 is 0.483 bits per heavy atom. The van der Waals surface area contributed by atoms with Crippen LogP contribution in [0.5, 0.6) is 0 Å². The van der Waals surface area contributed by atoms with Crippen LogP contribution in [0.25, 0.3) is 290 Å². The molecule has 7 heterocycles. The van der Waals surface area contributed by atoms with Gasteiger partial charge in [-0.2, -0.15) is 0 Å². The number of rotatable bonds is 6. The SMILES string of the molecule is CC1(C)c2cccc3c4ccccc4c4cccc5c4c4c(c1ccc4n5-c1nc4c(ccc5ccccc54)nc1-c1ccccc1)c23.CC1(C)c2cccc3c4ccccc4c4cccc5c4c4c(c1ccc4n5-c1nc4ccc5ccccc5c4nc1-c1ccccc1)c23.CC1(C)c2cccc3c4ccccc4c4cccc5c4c4c(c1ccc4n5-c1nc4ccccc4nc1-c1cccc4c1oc1ccccc14)c23. The lowest BCUT2D eigenvalue weighted by molar-refractivity contribution is 0.663. The average Bonchev–Trinajstić information content (AvgIpc) is 1.52. The highest BCUT2D eigenvalue weighted by molar-refractivity contribution is 6.40. The highest BCUT2D eigenvalue weighted by Gasteiger charge is 2.41. The second kappa shape index (κ2) is 29.8. The molecule has 0 bridgehead atoms. The number of furan rings is 1. The van der Waals surface area contributed by atoms with Gasteiger partial charge in [0.05, 0.1) is 66.2 Å². The Morgan fingerprint density at radius 1 is 0.184 bits per heavy atom. The molecule has 31 aromatic rings. The van der Waals surface area contributed by atoms with Crippen LogP contribution in [0, 0.1) is 0 Å². The Kier molecular flexibility index (Phi) is 16.6. The minimum atomic E-state index is -0.150. The van der Waals surface area contributed by atoms with Crippen molar-refractivity contribution in [1.82, 2.24) is 43.6 Å². The van der Waals surface area contributed by atoms with Crippen LogP contribution in [0.15, 0.2) is 423 Å². The molecule has 0 fully saturated rings. The van der Waals surface area contributed by atoms with Gasteiger partial charge in [0.15, 0.2) is 17.5 Å². The van der Waals surface area contributed by atoms with E-state index in [9.17, 15) is 0 Å². The summed E-state index contributed by atoms with van der Waals surface area (Å²) in [4.78, 5) is 32.9. The van der Waals surface area contributed by atoms with E-state index in [2.05, 4.69) is 443 Å². The van der Waals surface area contributed by atoms with Gasteiger partial charge in [-0.3, -0.25) is 13.7 Å². The van der Waals surface area contributed by atoms with Crippen molar-refractivity contribution in [2.24, 2.45) is 0 Å². The summed E-state index contributed by atoms with van der Waals surface area (Å²) in [6, 6.07) is 151. The summed E-state index contributed by atoms with van der Waals surface area (Å²) < 4.78 is 13.8. The zero-order valence-electron chi connectivity index (χ0n) is 81.3. The van der Waals surface area contributed by atoms with Crippen molar-refractivity contribution in [1.29, 1.82) is 0 Å². The van der Waals surface area contributed by atoms with Crippen LogP contribution in [-0.2, 0) is 16.2 Å². The van der Waals surface area contributed by atoms with Crippen LogP contribution in [0.4, 0.5) is 0 Å². The molecular formula is C137H87N9O. The van der Waals surface area contributed by atoms with Crippen LogP contribution in [0.1, 0.15) is 74.9 Å². The lowest BCUT2D eigenvalue weighted by atomic mass is 9.81. The molecule has 7 aromatic heterocycles. The Morgan fingerprint density at radius 3 is 0.925 bits per heavy atom. The van der Waals surface area contributed by atoms with Crippen LogP contribution >= 0.6 is 0 Å². The summed E-state index contributed by atoms with van der Waals surface area (Å²) >= 11 is 0. The molecule has 34 rings (SSSR count). The first-order valence-electron chi connectivity index (χ1n) is 51.0. The molecule has 0 unspecified atom stereocenters. The maximum atomic E-state index is 6.63. The lowest BCUT2D eigenvalue weighted by Crippen LogP contribution is -2.15. The van der Waals surface area contributed by atoms with E-state index in [1.54, 1.807) is 0 Å². The van der Waals surface area contributed by atoms with Gasteiger partial charge in [-0.1, -0.05) is 387 Å². The average molecular weight is 1880 g/mol. The quantitative estimate of drug-likeness (QED) is 0.153. The summed E-state index contributed by atoms with van der Waals surface area (Å²) in [5.74, 6) is 2.48. The van der Waals surface area contributed by atoms with Gasteiger partial charge in [-0.25, -0.2) is 29.9 Å². The highest BCUT2D eigenvalue weighted by atomic mass is 16.3. The van der Waals surface area contributed by atoms with Crippen molar-refractivity contribution < 1.29 is 4.42 Å². The minimum Gasteiger partial charge on any atom is -0.455 e. The maximum Gasteiger partial charge on any atom is 0.165 e. The zero-order chi connectivity index (χ0) is 97.0. The van der Waals surface area contributed by atoms with Gasteiger partial charge in [0.1, 0.15) is 28.2 Å². The molecule has 0 radical (unpaired) electrons. The summed E-state index contributed by atoms with van der Waals surface area (Å²) in [6.45, 7) is 14.3. The van der Waals surface area contributed by atoms with Crippen molar-refractivity contribution in [3.8, 4) is 51.2 Å². The van der Waals surface area contributed by atoms with E-state index in [-0.39, 0.29) is 16.2 Å². The first-order chi connectivity index (χ1) is 72.3. The number of hydrogen-bond donors (Lipinski definition) is 0. The maximum absolute atomic E-state index is 6.63. The normalized spacial score (nSPS) is 13.8. The summed E-state index contributed by atoms with van der Waals surface area (Å²) in [5, 5.41) is 37.7. The fourth-order valence-corrected chi connectivity index (χ4v) is 26.9. The Balaban J connectivity index is 0.0000000980. The van der Waals surface area contributed by atoms with Crippen LogP contribution in [0.2, 0.25) is 0 Å². The minimum absolute atomic E-state index is 0.128. The number of para-hydroxylation sites is 4. The Bertz CT molecular complexity index is 11400. The van der Waals surface area contributed by atoms with Gasteiger partial charge in [-0.05, 0) is 214 Å². The van der Waals surface area contributed by atoms with E-state index in [0.29, 0.717) is 0 Å². The molecule has 686 valence electrons. The molecule has 10 heteroatoms. The number of aromatic nitrogens is 9. The zero-order valence-corrected chi connectivity index (χ0v) is 81.3. The molecule has 0 saturated carbocycles. The molecule has 24 aromatic carbocycles. The molecule has 10 nitrogen and oxygen atoms in total. The molecule has 0 spiro atoms. The molecule has 3 aliphatic rings. The molecular weight excluding hydrogens is 1790 g/mol. The third-order valence-corrected chi connectivity index (χ3v) is 33.4. The van der Waals surface area contributed by atoms with Gasteiger partial charge in [0.25, 0.3) is 0 Å². The largest absolute Gasteiger partial charge is 0.455 e. The predicted molar refractivity (Wildman–Crippen MR) is 614 cm³/mol. The van der Waals surface area contributed by atoms with E-state index in [1.807, 2.05) is 30.3 Å². The molecule has 0 saturated heterocycles. The first-order valence-corrected chi connectivity index (χ1v) is 51.0.